The Balaban J connectivity index is 2.33. The quantitative estimate of drug-likeness (QED) is 0.655. The van der Waals surface area contributed by atoms with Crippen molar-refractivity contribution in [2.45, 2.75) is 9.33 Å². The molecule has 1 aliphatic rings. The molecule has 104 valence electrons. The molecule has 1 aromatic heterocycles. The minimum atomic E-state index is -4.19. The second-order valence-corrected chi connectivity index (χ2v) is 8.51. The summed E-state index contributed by atoms with van der Waals surface area (Å²) < 4.78 is 35.8. The van der Waals surface area contributed by atoms with Crippen LogP contribution in [0.1, 0.15) is 5.76 Å². The summed E-state index contributed by atoms with van der Waals surface area (Å²) in [6.07, 6.45) is 2.66. The van der Waals surface area contributed by atoms with Crippen LogP contribution in [0.25, 0.3) is 0 Å². The topological polar surface area (TPSA) is 84.6 Å². The summed E-state index contributed by atoms with van der Waals surface area (Å²) >= 11 is 2.47. The van der Waals surface area contributed by atoms with Crippen molar-refractivity contribution in [2.24, 2.45) is 0 Å². The number of hydrogen-bond acceptors (Lipinski definition) is 6. The number of carbonyl (C=O) groups excluding carboxylic acids is 1. The van der Waals surface area contributed by atoms with Gasteiger partial charge >= 0.3 is 0 Å². The number of allylic oxidation sites excluding steroid dienone is 1. The van der Waals surface area contributed by atoms with Crippen molar-refractivity contribution in [3.8, 4) is 0 Å². The monoisotopic (exact) mass is 320 g/mol. The molecule has 0 radical (unpaired) electrons. The molecule has 0 bridgehead atoms. The van der Waals surface area contributed by atoms with E-state index in [2.05, 4.69) is 6.58 Å². The average molecular weight is 320 g/mol. The van der Waals surface area contributed by atoms with Gasteiger partial charge in [-0.05, 0) is 18.2 Å². The second-order valence-electron chi connectivity index (χ2n) is 3.98. The zero-order chi connectivity index (χ0) is 14.1. The summed E-state index contributed by atoms with van der Waals surface area (Å²) in [6.45, 7) is 3.43. The lowest BCUT2D eigenvalue weighted by Gasteiger charge is -2.23. The molecule has 2 heterocycles. The first-order chi connectivity index (χ1) is 8.86. The van der Waals surface area contributed by atoms with E-state index in [9.17, 15) is 13.2 Å². The van der Waals surface area contributed by atoms with Crippen molar-refractivity contribution < 1.29 is 22.2 Å². The lowest BCUT2D eigenvalue weighted by atomic mass is 10.3. The third-order valence-electron chi connectivity index (χ3n) is 2.59. The van der Waals surface area contributed by atoms with E-state index in [1.165, 1.54) is 35.9 Å². The Hall–Kier alpha value is -0.700. The van der Waals surface area contributed by atoms with Crippen LogP contribution in [0.2, 0.25) is 0 Å². The van der Waals surface area contributed by atoms with Crippen LogP contribution in [0.15, 0.2) is 35.5 Å². The molecule has 1 saturated heterocycles. The molecule has 19 heavy (non-hydrogen) atoms. The molecule has 2 atom stereocenters. The van der Waals surface area contributed by atoms with Gasteiger partial charge in [0, 0.05) is 5.75 Å². The standard InChI is InChI=1S/C11H12O5S3/c1-2-8(12)9-6-17-11(18-9,7-19(13,14)15)10-4-3-5-16-10/h2-5,9H,1,6-7H2,(H,13,14,15). The van der Waals surface area contributed by atoms with Crippen LogP contribution in [0.3, 0.4) is 0 Å². The molecule has 1 aliphatic heterocycles. The van der Waals surface area contributed by atoms with Gasteiger partial charge in [0.05, 0.1) is 11.5 Å². The van der Waals surface area contributed by atoms with Gasteiger partial charge in [0.25, 0.3) is 10.1 Å². The summed E-state index contributed by atoms with van der Waals surface area (Å²) in [5.41, 5.74) is 0. The maximum Gasteiger partial charge on any atom is 0.267 e. The first-order valence-electron chi connectivity index (χ1n) is 5.33. The van der Waals surface area contributed by atoms with Crippen LogP contribution in [0.5, 0.6) is 0 Å². The smallest absolute Gasteiger partial charge is 0.267 e. The number of hydrogen-bond donors (Lipinski definition) is 1. The van der Waals surface area contributed by atoms with Crippen LogP contribution >= 0.6 is 23.5 Å². The van der Waals surface area contributed by atoms with Gasteiger partial charge < -0.3 is 4.42 Å². The van der Waals surface area contributed by atoms with E-state index in [0.29, 0.717) is 11.5 Å². The maximum absolute atomic E-state index is 11.6. The van der Waals surface area contributed by atoms with E-state index in [-0.39, 0.29) is 11.0 Å². The summed E-state index contributed by atoms with van der Waals surface area (Å²) in [5, 5.41) is -0.380. The van der Waals surface area contributed by atoms with E-state index in [4.69, 9.17) is 8.97 Å². The Kier molecular flexibility index (Phi) is 4.14. The molecule has 0 aromatic carbocycles. The number of thioether (sulfide) groups is 2. The van der Waals surface area contributed by atoms with Crippen molar-refractivity contribution >= 4 is 39.4 Å². The van der Waals surface area contributed by atoms with Crippen molar-refractivity contribution in [3.63, 3.8) is 0 Å². The summed E-state index contributed by atoms with van der Waals surface area (Å²) in [7, 11) is -4.19. The van der Waals surface area contributed by atoms with Gasteiger partial charge in [0.1, 0.15) is 15.6 Å². The number of carbonyl (C=O) groups is 1. The number of ketones is 1. The zero-order valence-corrected chi connectivity index (χ0v) is 12.3. The van der Waals surface area contributed by atoms with Gasteiger partial charge in [0.15, 0.2) is 5.78 Å². The van der Waals surface area contributed by atoms with E-state index in [0.717, 1.165) is 0 Å². The fourth-order valence-corrected chi connectivity index (χ4v) is 6.96. The predicted molar refractivity (Wildman–Crippen MR) is 75.8 cm³/mol. The lowest BCUT2D eigenvalue weighted by molar-refractivity contribution is -0.113. The highest BCUT2D eigenvalue weighted by molar-refractivity contribution is 8.22. The van der Waals surface area contributed by atoms with Crippen molar-refractivity contribution in [2.75, 3.05) is 11.5 Å². The molecule has 0 saturated carbocycles. The Morgan fingerprint density at radius 1 is 1.68 bits per heavy atom. The van der Waals surface area contributed by atoms with Crippen LogP contribution in [0, 0.1) is 0 Å². The minimum absolute atomic E-state index is 0.152. The molecule has 1 N–H and O–H groups in total. The first kappa shape index (κ1) is 14.7. The zero-order valence-electron chi connectivity index (χ0n) is 9.81. The molecule has 0 spiro atoms. The summed E-state index contributed by atoms with van der Waals surface area (Å²) in [5.74, 6) is 0.232. The minimum Gasteiger partial charge on any atom is -0.467 e. The molecule has 0 amide bonds. The van der Waals surface area contributed by atoms with Crippen molar-refractivity contribution in [1.82, 2.24) is 0 Å². The molecule has 2 rings (SSSR count). The van der Waals surface area contributed by atoms with Gasteiger partial charge in [-0.1, -0.05) is 6.58 Å². The molecule has 5 nitrogen and oxygen atoms in total. The van der Waals surface area contributed by atoms with Gasteiger partial charge in [-0.2, -0.15) is 8.42 Å². The largest absolute Gasteiger partial charge is 0.467 e. The summed E-state index contributed by atoms with van der Waals surface area (Å²) in [4.78, 5) is 11.6. The fraction of sp³-hybridized carbons (Fsp3) is 0.364. The lowest BCUT2D eigenvalue weighted by Crippen LogP contribution is -2.26. The van der Waals surface area contributed by atoms with Crippen LogP contribution in [-0.2, 0) is 19.0 Å². The normalized spacial score (nSPS) is 27.3. The SMILES string of the molecule is C=CC(=O)C1CSC(CS(=O)(=O)O)(c2ccco2)S1. The van der Waals surface area contributed by atoms with Crippen LogP contribution < -0.4 is 0 Å². The molecular formula is C11H12O5S3. The van der Waals surface area contributed by atoms with E-state index >= 15 is 0 Å². The predicted octanol–water partition coefficient (Wildman–Crippen LogP) is 1.92. The van der Waals surface area contributed by atoms with Gasteiger partial charge in [-0.3, -0.25) is 9.35 Å². The first-order valence-corrected chi connectivity index (χ1v) is 8.81. The summed E-state index contributed by atoms with van der Waals surface area (Å²) in [6, 6.07) is 3.29. The van der Waals surface area contributed by atoms with Crippen LogP contribution in [0.4, 0.5) is 0 Å². The van der Waals surface area contributed by atoms with Gasteiger partial charge in [-0.15, -0.1) is 23.5 Å². The van der Waals surface area contributed by atoms with Crippen molar-refractivity contribution in [1.29, 1.82) is 0 Å². The van der Waals surface area contributed by atoms with Crippen LogP contribution in [-0.4, -0.2) is 35.5 Å². The Bertz CT molecular complexity index is 577. The van der Waals surface area contributed by atoms with Crippen molar-refractivity contribution in [3.05, 3.63) is 36.8 Å². The Morgan fingerprint density at radius 2 is 2.42 bits per heavy atom. The highest BCUT2D eigenvalue weighted by Gasteiger charge is 2.49. The third-order valence-corrected chi connectivity index (χ3v) is 7.33. The highest BCUT2D eigenvalue weighted by atomic mass is 32.2. The molecule has 1 fully saturated rings. The maximum atomic E-state index is 11.6. The average Bonchev–Trinajstić information content (AvgIpc) is 2.94. The van der Waals surface area contributed by atoms with E-state index in [1.54, 1.807) is 12.1 Å². The highest BCUT2D eigenvalue weighted by Crippen LogP contribution is 2.56. The molecular weight excluding hydrogens is 308 g/mol. The number of furan rings is 1. The second kappa shape index (κ2) is 5.35. The third kappa shape index (κ3) is 3.25. The molecule has 2 unspecified atom stereocenters. The fourth-order valence-electron chi connectivity index (χ4n) is 1.79. The number of rotatable bonds is 5. The van der Waals surface area contributed by atoms with E-state index < -0.39 is 20.0 Å². The van der Waals surface area contributed by atoms with Gasteiger partial charge in [0.2, 0.25) is 0 Å². The Labute approximate surface area is 119 Å². The van der Waals surface area contributed by atoms with E-state index in [1.807, 2.05) is 0 Å². The van der Waals surface area contributed by atoms with Gasteiger partial charge in [-0.25, -0.2) is 0 Å². The Morgan fingerprint density at radius 3 is 2.95 bits per heavy atom. The molecule has 0 aliphatic carbocycles. The molecule has 1 aromatic rings. The molecule has 8 heteroatoms.